The van der Waals surface area contributed by atoms with Crippen LogP contribution >= 0.6 is 0 Å². The Morgan fingerprint density at radius 3 is 2.56 bits per heavy atom. The van der Waals surface area contributed by atoms with Gasteiger partial charge in [-0.05, 0) is 12.0 Å². The number of aryl methyl sites for hydroxylation is 2. The highest BCUT2D eigenvalue weighted by molar-refractivity contribution is 5.75. The van der Waals surface area contributed by atoms with E-state index in [0.29, 0.717) is 5.75 Å². The van der Waals surface area contributed by atoms with Crippen molar-refractivity contribution in [3.63, 3.8) is 0 Å². The number of methoxy groups -OCH3 is 1. The van der Waals surface area contributed by atoms with Crippen LogP contribution in [0.25, 0.3) is 16.6 Å². The summed E-state index contributed by atoms with van der Waals surface area (Å²) in [5.41, 5.74) is 4.46. The predicted molar refractivity (Wildman–Crippen MR) is 93.1 cm³/mol. The number of ether oxygens (including phenoxy) is 1. The van der Waals surface area contributed by atoms with Gasteiger partial charge in [0, 0.05) is 37.6 Å². The van der Waals surface area contributed by atoms with Crippen molar-refractivity contribution in [2.24, 2.45) is 14.1 Å². The van der Waals surface area contributed by atoms with Crippen LogP contribution in [0.3, 0.4) is 0 Å². The molecular weight excluding hydrogens is 316 g/mol. The van der Waals surface area contributed by atoms with E-state index in [4.69, 9.17) is 4.74 Å². The van der Waals surface area contributed by atoms with E-state index in [0.717, 1.165) is 27.9 Å². The molecule has 0 N–H and O–H groups in total. The molecule has 4 rings (SSSR count). The molecule has 124 valence electrons. The zero-order valence-corrected chi connectivity index (χ0v) is 14.1. The van der Waals surface area contributed by atoms with Crippen molar-refractivity contribution < 1.29 is 4.74 Å². The number of hydrogen-bond acceptors (Lipinski definition) is 4. The molecule has 4 heterocycles. The summed E-state index contributed by atoms with van der Waals surface area (Å²) in [4.78, 5) is 4.07. The molecule has 0 spiro atoms. The molecule has 7 nitrogen and oxygen atoms in total. The van der Waals surface area contributed by atoms with Crippen molar-refractivity contribution in [1.82, 2.24) is 28.9 Å². The largest absolute Gasteiger partial charge is 0.494 e. The number of hydrogen-bond donors (Lipinski definition) is 0. The van der Waals surface area contributed by atoms with Crippen molar-refractivity contribution in [3.05, 3.63) is 54.6 Å². The molecule has 0 aromatic carbocycles. The third-order valence-electron chi connectivity index (χ3n) is 3.98. The van der Waals surface area contributed by atoms with Gasteiger partial charge in [0.25, 0.3) is 0 Å². The first kappa shape index (κ1) is 15.0. The van der Waals surface area contributed by atoms with Crippen LogP contribution in [0.2, 0.25) is 0 Å². The van der Waals surface area contributed by atoms with Gasteiger partial charge in [-0.25, -0.2) is 9.50 Å². The normalized spacial score (nSPS) is 10.7. The van der Waals surface area contributed by atoms with Crippen LogP contribution in [0.15, 0.2) is 43.4 Å². The molecule has 0 aliphatic rings. The van der Waals surface area contributed by atoms with E-state index in [2.05, 4.69) is 27.0 Å². The van der Waals surface area contributed by atoms with E-state index >= 15 is 0 Å². The van der Waals surface area contributed by atoms with Crippen LogP contribution < -0.4 is 4.74 Å². The van der Waals surface area contributed by atoms with Gasteiger partial charge in [0.05, 0.1) is 37.6 Å². The Kier molecular flexibility index (Phi) is 3.51. The number of rotatable bonds is 2. The summed E-state index contributed by atoms with van der Waals surface area (Å²) in [5.74, 6) is 6.99. The zero-order chi connectivity index (χ0) is 17.4. The fraction of sp³-hybridized carbons (Fsp3) is 0.167. The minimum Gasteiger partial charge on any atom is -0.494 e. The third kappa shape index (κ3) is 2.64. The molecule has 0 aliphatic heterocycles. The second kappa shape index (κ2) is 5.83. The first-order valence-corrected chi connectivity index (χ1v) is 7.68. The summed E-state index contributed by atoms with van der Waals surface area (Å²) >= 11 is 0. The van der Waals surface area contributed by atoms with Gasteiger partial charge in [-0.2, -0.15) is 10.2 Å². The standard InChI is InChI=1S/C18H16N6O/c1-22-12-19-9-16(22)5-4-13-7-21-24-11-14(6-17(25-3)18(13)24)15-8-20-23(2)10-15/h6-12H,1-3H3. The van der Waals surface area contributed by atoms with E-state index < -0.39 is 0 Å². The lowest BCUT2D eigenvalue weighted by atomic mass is 10.1. The Morgan fingerprint density at radius 1 is 1.00 bits per heavy atom. The molecule has 0 aliphatic carbocycles. The Hall–Kier alpha value is -3.53. The lowest BCUT2D eigenvalue weighted by Gasteiger charge is -2.06. The zero-order valence-electron chi connectivity index (χ0n) is 14.1. The van der Waals surface area contributed by atoms with Crippen molar-refractivity contribution in [1.29, 1.82) is 0 Å². The molecule has 0 fully saturated rings. The van der Waals surface area contributed by atoms with Gasteiger partial charge in [0.1, 0.15) is 17.0 Å². The lowest BCUT2D eigenvalue weighted by Crippen LogP contribution is -1.94. The van der Waals surface area contributed by atoms with Gasteiger partial charge in [-0.15, -0.1) is 0 Å². The van der Waals surface area contributed by atoms with Crippen molar-refractivity contribution in [2.75, 3.05) is 7.11 Å². The van der Waals surface area contributed by atoms with Crippen molar-refractivity contribution >= 4 is 5.52 Å². The SMILES string of the molecule is COc1cc(-c2cnn(C)c2)cn2ncc(C#Cc3cncn3C)c12. The van der Waals surface area contributed by atoms with E-state index in [1.807, 2.05) is 43.3 Å². The molecule has 25 heavy (non-hydrogen) atoms. The summed E-state index contributed by atoms with van der Waals surface area (Å²) in [7, 11) is 5.45. The smallest absolute Gasteiger partial charge is 0.146 e. The number of nitrogens with zero attached hydrogens (tertiary/aromatic N) is 6. The van der Waals surface area contributed by atoms with Crippen LogP contribution in [0.4, 0.5) is 0 Å². The van der Waals surface area contributed by atoms with Gasteiger partial charge in [0.2, 0.25) is 0 Å². The van der Waals surface area contributed by atoms with E-state index in [9.17, 15) is 0 Å². The molecule has 0 saturated heterocycles. The highest BCUT2D eigenvalue weighted by Crippen LogP contribution is 2.29. The van der Waals surface area contributed by atoms with Gasteiger partial charge in [0.15, 0.2) is 0 Å². The van der Waals surface area contributed by atoms with Gasteiger partial charge < -0.3 is 9.30 Å². The maximum absolute atomic E-state index is 5.58. The molecule has 4 aromatic heterocycles. The van der Waals surface area contributed by atoms with E-state index in [1.54, 1.807) is 35.0 Å². The third-order valence-corrected chi connectivity index (χ3v) is 3.98. The second-order valence-corrected chi connectivity index (χ2v) is 5.69. The average molecular weight is 332 g/mol. The number of aromatic nitrogens is 6. The molecule has 0 amide bonds. The molecule has 4 aromatic rings. The first-order valence-electron chi connectivity index (χ1n) is 7.68. The van der Waals surface area contributed by atoms with Crippen molar-refractivity contribution in [2.45, 2.75) is 0 Å². The Morgan fingerprint density at radius 2 is 1.88 bits per heavy atom. The van der Waals surface area contributed by atoms with Crippen LogP contribution in [0, 0.1) is 11.8 Å². The maximum atomic E-state index is 5.58. The van der Waals surface area contributed by atoms with Crippen LogP contribution in [0.1, 0.15) is 11.3 Å². The minimum atomic E-state index is 0.716. The Bertz CT molecular complexity index is 1120. The van der Waals surface area contributed by atoms with Crippen molar-refractivity contribution in [3.8, 4) is 28.7 Å². The van der Waals surface area contributed by atoms with Gasteiger partial charge in [-0.3, -0.25) is 4.68 Å². The van der Waals surface area contributed by atoms with Gasteiger partial charge >= 0.3 is 0 Å². The minimum absolute atomic E-state index is 0.716. The summed E-state index contributed by atoms with van der Waals surface area (Å²) in [6.45, 7) is 0. The Labute approximate surface area is 144 Å². The molecule has 7 heteroatoms. The fourth-order valence-electron chi connectivity index (χ4n) is 2.67. The molecule has 0 saturated carbocycles. The average Bonchev–Trinajstić information content (AvgIpc) is 3.32. The summed E-state index contributed by atoms with van der Waals surface area (Å²) in [5, 5.41) is 8.64. The van der Waals surface area contributed by atoms with E-state index in [-0.39, 0.29) is 0 Å². The molecule has 0 atom stereocenters. The first-order chi connectivity index (χ1) is 12.2. The highest BCUT2D eigenvalue weighted by Gasteiger charge is 2.12. The predicted octanol–water partition coefficient (Wildman–Crippen LogP) is 1.88. The molecule has 0 bridgehead atoms. The quantitative estimate of drug-likeness (QED) is 0.526. The maximum Gasteiger partial charge on any atom is 0.146 e. The number of imidazole rings is 1. The highest BCUT2D eigenvalue weighted by atomic mass is 16.5. The van der Waals surface area contributed by atoms with Gasteiger partial charge in [-0.1, -0.05) is 5.92 Å². The number of pyridine rings is 1. The monoisotopic (exact) mass is 332 g/mol. The second-order valence-electron chi connectivity index (χ2n) is 5.69. The van der Waals surface area contributed by atoms with Crippen LogP contribution in [0.5, 0.6) is 5.75 Å². The fourth-order valence-corrected chi connectivity index (χ4v) is 2.67. The van der Waals surface area contributed by atoms with Crippen LogP contribution in [-0.4, -0.2) is 36.1 Å². The van der Waals surface area contributed by atoms with E-state index in [1.165, 1.54) is 0 Å². The summed E-state index contributed by atoms with van der Waals surface area (Å²) in [6.07, 6.45) is 10.9. The molecular formula is C18H16N6O. The lowest BCUT2D eigenvalue weighted by molar-refractivity contribution is 0.417. The summed E-state index contributed by atoms with van der Waals surface area (Å²) in [6, 6.07) is 1.98. The molecule has 0 radical (unpaired) electrons. The summed E-state index contributed by atoms with van der Waals surface area (Å²) < 4.78 is 11.0. The Balaban J connectivity index is 1.83. The van der Waals surface area contributed by atoms with Crippen LogP contribution in [-0.2, 0) is 14.1 Å². The topological polar surface area (TPSA) is 62.2 Å². The molecule has 0 unspecified atom stereocenters. The number of fused-ring (bicyclic) bond motifs is 1.